The predicted molar refractivity (Wildman–Crippen MR) is 70.7 cm³/mol. The maximum absolute atomic E-state index is 11.6. The first-order valence-corrected chi connectivity index (χ1v) is 7.99. The van der Waals surface area contributed by atoms with Gasteiger partial charge in [-0.3, -0.25) is 4.79 Å². The molecule has 0 saturated heterocycles. The number of sulfone groups is 1. The molecular weight excluding hydrogens is 286 g/mol. The summed E-state index contributed by atoms with van der Waals surface area (Å²) in [5.74, 6) is -1.98. The Morgan fingerprint density at radius 1 is 1.45 bits per heavy atom. The largest absolute Gasteiger partial charge is 0.480 e. The number of amides is 1. The smallest absolute Gasteiger partial charge is 0.326 e. The molecule has 1 aromatic heterocycles. The van der Waals surface area contributed by atoms with E-state index in [1.807, 2.05) is 0 Å². The molecule has 0 fully saturated rings. The SMILES string of the molecule is CS(=O)(=O)CCC(NC(=O)CCn1ccnc1)C(=O)O. The van der Waals surface area contributed by atoms with Crippen LogP contribution in [0.3, 0.4) is 0 Å². The summed E-state index contributed by atoms with van der Waals surface area (Å²) in [5, 5.41) is 11.3. The van der Waals surface area contributed by atoms with Crippen molar-refractivity contribution in [3.05, 3.63) is 18.7 Å². The molecule has 0 aromatic carbocycles. The van der Waals surface area contributed by atoms with E-state index >= 15 is 0 Å². The third kappa shape index (κ3) is 6.32. The quantitative estimate of drug-likeness (QED) is 0.654. The first-order chi connectivity index (χ1) is 9.28. The zero-order chi connectivity index (χ0) is 15.2. The highest BCUT2D eigenvalue weighted by molar-refractivity contribution is 7.90. The van der Waals surface area contributed by atoms with E-state index in [4.69, 9.17) is 5.11 Å². The number of aryl methyl sites for hydroxylation is 1. The van der Waals surface area contributed by atoms with Gasteiger partial charge in [-0.05, 0) is 6.42 Å². The molecule has 1 atom stereocenters. The van der Waals surface area contributed by atoms with Crippen molar-refractivity contribution in [2.45, 2.75) is 25.4 Å². The zero-order valence-electron chi connectivity index (χ0n) is 11.0. The number of hydrogen-bond donors (Lipinski definition) is 2. The summed E-state index contributed by atoms with van der Waals surface area (Å²) < 4.78 is 23.7. The number of hydrogen-bond acceptors (Lipinski definition) is 5. The normalized spacial score (nSPS) is 12.8. The van der Waals surface area contributed by atoms with Crippen LogP contribution in [0.5, 0.6) is 0 Å². The molecule has 0 aliphatic rings. The second kappa shape index (κ2) is 7.04. The highest BCUT2D eigenvalue weighted by Crippen LogP contribution is 1.99. The number of carbonyl (C=O) groups is 2. The molecule has 1 amide bonds. The number of rotatable bonds is 8. The molecule has 1 aromatic rings. The number of imidazole rings is 1. The molecule has 2 N–H and O–H groups in total. The van der Waals surface area contributed by atoms with E-state index in [0.717, 1.165) is 6.26 Å². The van der Waals surface area contributed by atoms with Gasteiger partial charge in [-0.15, -0.1) is 0 Å². The van der Waals surface area contributed by atoms with Crippen molar-refractivity contribution in [3.8, 4) is 0 Å². The van der Waals surface area contributed by atoms with Crippen molar-refractivity contribution in [1.29, 1.82) is 0 Å². The number of carboxylic acids is 1. The third-order valence-electron chi connectivity index (χ3n) is 2.57. The summed E-state index contributed by atoms with van der Waals surface area (Å²) in [4.78, 5) is 26.4. The lowest BCUT2D eigenvalue weighted by Crippen LogP contribution is -2.42. The van der Waals surface area contributed by atoms with Gasteiger partial charge in [0.05, 0.1) is 12.1 Å². The minimum atomic E-state index is -3.26. The first-order valence-electron chi connectivity index (χ1n) is 5.93. The lowest BCUT2D eigenvalue weighted by molar-refractivity contribution is -0.141. The highest BCUT2D eigenvalue weighted by atomic mass is 32.2. The van der Waals surface area contributed by atoms with Crippen LogP contribution in [0.4, 0.5) is 0 Å². The Kier molecular flexibility index (Phi) is 5.68. The summed E-state index contributed by atoms with van der Waals surface area (Å²) in [6.45, 7) is 0.379. The molecular formula is C11H17N3O5S. The van der Waals surface area contributed by atoms with Gasteiger partial charge in [-0.25, -0.2) is 18.2 Å². The lowest BCUT2D eigenvalue weighted by atomic mass is 10.2. The number of nitrogens with one attached hydrogen (secondary N) is 1. The van der Waals surface area contributed by atoms with Crippen LogP contribution in [0.1, 0.15) is 12.8 Å². The van der Waals surface area contributed by atoms with Crippen LogP contribution in [0.25, 0.3) is 0 Å². The Labute approximate surface area is 116 Å². The second-order valence-corrected chi connectivity index (χ2v) is 6.69. The van der Waals surface area contributed by atoms with Gasteiger partial charge in [0.15, 0.2) is 0 Å². The molecule has 112 valence electrons. The molecule has 0 spiro atoms. The minimum Gasteiger partial charge on any atom is -0.480 e. The topological polar surface area (TPSA) is 118 Å². The van der Waals surface area contributed by atoms with Gasteiger partial charge >= 0.3 is 5.97 Å². The van der Waals surface area contributed by atoms with Crippen molar-refractivity contribution in [1.82, 2.24) is 14.9 Å². The van der Waals surface area contributed by atoms with Gasteiger partial charge in [0.2, 0.25) is 5.91 Å². The Hall–Kier alpha value is -1.90. The zero-order valence-corrected chi connectivity index (χ0v) is 11.8. The molecule has 0 bridgehead atoms. The van der Waals surface area contributed by atoms with E-state index < -0.39 is 27.8 Å². The van der Waals surface area contributed by atoms with Crippen LogP contribution in [0.2, 0.25) is 0 Å². The molecule has 0 aliphatic carbocycles. The number of aliphatic carboxylic acids is 1. The molecule has 0 radical (unpaired) electrons. The summed E-state index contributed by atoms with van der Waals surface area (Å²) in [5.41, 5.74) is 0. The summed E-state index contributed by atoms with van der Waals surface area (Å²) >= 11 is 0. The Bertz CT molecular complexity index is 553. The van der Waals surface area contributed by atoms with Gasteiger partial charge in [0.25, 0.3) is 0 Å². The Morgan fingerprint density at radius 2 is 2.15 bits per heavy atom. The van der Waals surface area contributed by atoms with Crippen molar-refractivity contribution in [2.75, 3.05) is 12.0 Å². The molecule has 0 aliphatic heterocycles. The standard InChI is InChI=1S/C11H17N3O5S/c1-20(18,19)7-3-9(11(16)17)13-10(15)2-5-14-6-4-12-8-14/h4,6,8-9H,2-3,5,7H2,1H3,(H,13,15)(H,16,17). The summed E-state index contributed by atoms with van der Waals surface area (Å²) in [6.07, 6.45) is 5.78. The monoisotopic (exact) mass is 303 g/mol. The van der Waals surface area contributed by atoms with Crippen LogP contribution >= 0.6 is 0 Å². The van der Waals surface area contributed by atoms with Crippen LogP contribution in [-0.2, 0) is 26.0 Å². The van der Waals surface area contributed by atoms with Crippen molar-refractivity contribution in [2.24, 2.45) is 0 Å². The van der Waals surface area contributed by atoms with Gasteiger partial charge < -0.3 is 15.0 Å². The van der Waals surface area contributed by atoms with Crippen LogP contribution < -0.4 is 5.32 Å². The van der Waals surface area contributed by atoms with Crippen LogP contribution in [-0.4, -0.2) is 53.0 Å². The number of nitrogens with zero attached hydrogens (tertiary/aromatic N) is 2. The summed E-state index contributed by atoms with van der Waals surface area (Å²) in [7, 11) is -3.26. The number of carboxylic acid groups (broad SMARTS) is 1. The van der Waals surface area contributed by atoms with E-state index in [-0.39, 0.29) is 18.6 Å². The fraction of sp³-hybridized carbons (Fsp3) is 0.545. The maximum Gasteiger partial charge on any atom is 0.326 e. The van der Waals surface area contributed by atoms with E-state index in [0.29, 0.717) is 6.54 Å². The molecule has 9 heteroatoms. The number of carbonyl (C=O) groups excluding carboxylic acids is 1. The molecule has 1 unspecified atom stereocenters. The van der Waals surface area contributed by atoms with Gasteiger partial charge in [-0.2, -0.15) is 0 Å². The summed E-state index contributed by atoms with van der Waals surface area (Å²) in [6, 6.07) is -1.19. The molecule has 1 heterocycles. The van der Waals surface area contributed by atoms with E-state index in [9.17, 15) is 18.0 Å². The van der Waals surface area contributed by atoms with Crippen molar-refractivity contribution < 1.29 is 23.1 Å². The highest BCUT2D eigenvalue weighted by Gasteiger charge is 2.21. The van der Waals surface area contributed by atoms with Crippen molar-refractivity contribution in [3.63, 3.8) is 0 Å². The average molecular weight is 303 g/mol. The van der Waals surface area contributed by atoms with Gasteiger partial charge in [0.1, 0.15) is 15.9 Å². The molecule has 1 rings (SSSR count). The van der Waals surface area contributed by atoms with Gasteiger partial charge in [-0.1, -0.05) is 0 Å². The van der Waals surface area contributed by atoms with Crippen LogP contribution in [0.15, 0.2) is 18.7 Å². The Morgan fingerprint density at radius 3 is 2.65 bits per heavy atom. The molecule has 20 heavy (non-hydrogen) atoms. The second-order valence-electron chi connectivity index (χ2n) is 4.43. The lowest BCUT2D eigenvalue weighted by Gasteiger charge is -2.14. The average Bonchev–Trinajstić information content (AvgIpc) is 2.83. The minimum absolute atomic E-state index is 0.0962. The first kappa shape index (κ1) is 16.2. The van der Waals surface area contributed by atoms with Crippen LogP contribution in [0, 0.1) is 0 Å². The fourth-order valence-electron chi connectivity index (χ4n) is 1.51. The fourth-order valence-corrected chi connectivity index (χ4v) is 2.17. The molecule has 8 nitrogen and oxygen atoms in total. The van der Waals surface area contributed by atoms with E-state index in [1.54, 1.807) is 23.3 Å². The third-order valence-corrected chi connectivity index (χ3v) is 3.54. The maximum atomic E-state index is 11.6. The van der Waals surface area contributed by atoms with E-state index in [2.05, 4.69) is 10.3 Å². The predicted octanol–water partition coefficient (Wildman–Crippen LogP) is -0.723. The van der Waals surface area contributed by atoms with Gasteiger partial charge in [0, 0.05) is 31.6 Å². The van der Waals surface area contributed by atoms with E-state index in [1.165, 1.54) is 0 Å². The van der Waals surface area contributed by atoms with Crippen molar-refractivity contribution >= 4 is 21.7 Å². The molecule has 0 saturated carbocycles. The number of aromatic nitrogens is 2. The Balaban J connectivity index is 2.44.